The number of hydrogen-bond acceptors (Lipinski definition) is 2. The molecule has 0 saturated carbocycles. The van der Waals surface area contributed by atoms with E-state index in [4.69, 9.17) is 4.74 Å². The average Bonchev–Trinajstić information content (AvgIpc) is 1.96. The van der Waals surface area contributed by atoms with Crippen molar-refractivity contribution in [3.8, 4) is 0 Å². The number of halogens is 1. The fourth-order valence-electron chi connectivity index (χ4n) is 0.700. The predicted octanol–water partition coefficient (Wildman–Crippen LogP) is 2.73. The molecule has 0 aromatic rings. The van der Waals surface area contributed by atoms with Crippen molar-refractivity contribution in [2.75, 3.05) is 11.9 Å². The minimum absolute atomic E-state index is 0.473. The molecule has 0 radical (unpaired) electrons. The van der Waals surface area contributed by atoms with Crippen LogP contribution in [0.1, 0.15) is 40.5 Å². The Morgan fingerprint density at radius 2 is 1.69 bits per heavy atom. The van der Waals surface area contributed by atoms with Gasteiger partial charge in [-0.1, -0.05) is 15.9 Å². The Morgan fingerprint density at radius 1 is 1.15 bits per heavy atom. The van der Waals surface area contributed by atoms with E-state index in [-0.39, 0.29) is 0 Å². The third-order valence-corrected chi connectivity index (χ3v) is 3.02. The molecule has 0 rings (SSSR count). The van der Waals surface area contributed by atoms with Gasteiger partial charge in [0.25, 0.3) is 0 Å². The van der Waals surface area contributed by atoms with Crippen LogP contribution in [0, 0.1) is 0 Å². The molecule has 2 nitrogen and oxygen atoms in total. The van der Waals surface area contributed by atoms with Gasteiger partial charge in [0.15, 0.2) is 0 Å². The summed E-state index contributed by atoms with van der Waals surface area (Å²) in [6, 6.07) is 0. The highest BCUT2D eigenvalue weighted by molar-refractivity contribution is 9.09. The van der Waals surface area contributed by atoms with Gasteiger partial charge in [-0.2, -0.15) is 0 Å². The van der Waals surface area contributed by atoms with Gasteiger partial charge in [-0.05, 0) is 40.5 Å². The zero-order chi connectivity index (χ0) is 10.5. The maximum Gasteiger partial charge on any atom is 0.0906 e. The third kappa shape index (κ3) is 4.99. The maximum atomic E-state index is 9.77. The van der Waals surface area contributed by atoms with Gasteiger partial charge < -0.3 is 9.84 Å². The summed E-state index contributed by atoms with van der Waals surface area (Å²) in [4.78, 5) is 0. The Kier molecular flexibility index (Phi) is 5.49. The molecule has 0 amide bonds. The molecule has 1 N–H and O–H groups in total. The normalized spacial score (nSPS) is 13.4. The molecule has 3 heteroatoms. The van der Waals surface area contributed by atoms with Gasteiger partial charge in [0, 0.05) is 11.9 Å². The van der Waals surface area contributed by atoms with Crippen molar-refractivity contribution in [2.45, 2.75) is 51.7 Å². The molecular formula is C10H21BrO2. The first-order valence-electron chi connectivity index (χ1n) is 4.73. The van der Waals surface area contributed by atoms with E-state index in [0.29, 0.717) is 6.61 Å². The Bertz CT molecular complexity index is 138. The van der Waals surface area contributed by atoms with Crippen LogP contribution in [-0.4, -0.2) is 28.2 Å². The van der Waals surface area contributed by atoms with E-state index in [0.717, 1.165) is 18.2 Å². The first-order valence-corrected chi connectivity index (χ1v) is 5.86. The lowest BCUT2D eigenvalue weighted by molar-refractivity contribution is -0.147. The first kappa shape index (κ1) is 13.4. The van der Waals surface area contributed by atoms with Crippen molar-refractivity contribution in [3.05, 3.63) is 0 Å². The van der Waals surface area contributed by atoms with E-state index in [1.165, 1.54) is 0 Å². The summed E-state index contributed by atoms with van der Waals surface area (Å²) in [6.45, 7) is 8.10. The smallest absolute Gasteiger partial charge is 0.0906 e. The quantitative estimate of drug-likeness (QED) is 0.582. The van der Waals surface area contributed by atoms with Gasteiger partial charge >= 0.3 is 0 Å². The number of ether oxygens (including phenoxy) is 1. The fraction of sp³-hybridized carbons (Fsp3) is 1.00. The monoisotopic (exact) mass is 252 g/mol. The van der Waals surface area contributed by atoms with Crippen molar-refractivity contribution in [2.24, 2.45) is 0 Å². The summed E-state index contributed by atoms with van der Waals surface area (Å²) >= 11 is 3.36. The number of alkyl halides is 1. The molecule has 0 aliphatic carbocycles. The molecule has 0 aromatic carbocycles. The van der Waals surface area contributed by atoms with Crippen molar-refractivity contribution in [1.29, 1.82) is 0 Å². The molecule has 0 atom stereocenters. The lowest BCUT2D eigenvalue weighted by Gasteiger charge is -2.37. The van der Waals surface area contributed by atoms with Crippen LogP contribution < -0.4 is 0 Å². The van der Waals surface area contributed by atoms with E-state index in [2.05, 4.69) is 15.9 Å². The molecule has 13 heavy (non-hydrogen) atoms. The fourth-order valence-corrected chi connectivity index (χ4v) is 1.10. The summed E-state index contributed by atoms with van der Waals surface area (Å²) in [7, 11) is 0. The van der Waals surface area contributed by atoms with Gasteiger partial charge in [-0.25, -0.2) is 0 Å². The Hall–Kier alpha value is 0.400. The molecule has 0 aliphatic rings. The van der Waals surface area contributed by atoms with Crippen LogP contribution in [0.15, 0.2) is 0 Å². The van der Waals surface area contributed by atoms with Crippen molar-refractivity contribution < 1.29 is 9.84 Å². The summed E-state index contributed by atoms with van der Waals surface area (Å²) in [6.07, 6.45) is 2.15. The Balaban J connectivity index is 3.77. The molecular weight excluding hydrogens is 232 g/mol. The van der Waals surface area contributed by atoms with Crippen LogP contribution >= 0.6 is 15.9 Å². The van der Waals surface area contributed by atoms with Crippen LogP contribution in [0.4, 0.5) is 0 Å². The molecule has 0 fully saturated rings. The molecule has 0 bridgehead atoms. The molecule has 0 aliphatic heterocycles. The average molecular weight is 253 g/mol. The standard InChI is InChI=1S/C10H21BrO2/c1-9(2,12)10(3,4)13-8-6-5-7-11/h12H,5-8H2,1-4H3. The van der Waals surface area contributed by atoms with Gasteiger partial charge in [-0.15, -0.1) is 0 Å². The van der Waals surface area contributed by atoms with Gasteiger partial charge in [0.1, 0.15) is 0 Å². The predicted molar refractivity (Wildman–Crippen MR) is 59.4 cm³/mol. The first-order chi connectivity index (χ1) is 5.81. The highest BCUT2D eigenvalue weighted by atomic mass is 79.9. The summed E-state index contributed by atoms with van der Waals surface area (Å²) in [5.74, 6) is 0. The Morgan fingerprint density at radius 3 is 2.08 bits per heavy atom. The molecule has 0 saturated heterocycles. The topological polar surface area (TPSA) is 29.5 Å². The van der Waals surface area contributed by atoms with Crippen LogP contribution in [0.5, 0.6) is 0 Å². The summed E-state index contributed by atoms with van der Waals surface area (Å²) in [5, 5.41) is 10.8. The molecule has 0 unspecified atom stereocenters. The molecule has 0 heterocycles. The zero-order valence-corrected chi connectivity index (χ0v) is 10.6. The number of unbranched alkanes of at least 4 members (excludes halogenated alkanes) is 1. The molecule has 0 aromatic heterocycles. The van der Waals surface area contributed by atoms with Crippen LogP contribution in [0.3, 0.4) is 0 Å². The molecule has 80 valence electrons. The van der Waals surface area contributed by atoms with E-state index in [9.17, 15) is 5.11 Å². The third-order valence-electron chi connectivity index (χ3n) is 2.46. The minimum Gasteiger partial charge on any atom is -0.387 e. The number of aliphatic hydroxyl groups is 1. The number of rotatable bonds is 6. The van der Waals surface area contributed by atoms with E-state index >= 15 is 0 Å². The van der Waals surface area contributed by atoms with Gasteiger partial charge in [0.2, 0.25) is 0 Å². The second-order valence-corrected chi connectivity index (χ2v) is 5.11. The van der Waals surface area contributed by atoms with Crippen molar-refractivity contribution in [1.82, 2.24) is 0 Å². The van der Waals surface area contributed by atoms with E-state index < -0.39 is 11.2 Å². The summed E-state index contributed by atoms with van der Waals surface area (Å²) in [5.41, 5.74) is -1.26. The highest BCUT2D eigenvalue weighted by Crippen LogP contribution is 2.25. The minimum atomic E-state index is -0.790. The van der Waals surface area contributed by atoms with Gasteiger partial charge in [-0.3, -0.25) is 0 Å². The second kappa shape index (κ2) is 5.32. The van der Waals surface area contributed by atoms with E-state index in [1.807, 2.05) is 13.8 Å². The van der Waals surface area contributed by atoms with Crippen molar-refractivity contribution in [3.63, 3.8) is 0 Å². The SMILES string of the molecule is CC(C)(O)C(C)(C)OCCCCBr. The highest BCUT2D eigenvalue weighted by Gasteiger charge is 2.35. The second-order valence-electron chi connectivity index (χ2n) is 4.31. The summed E-state index contributed by atoms with van der Waals surface area (Å²) < 4.78 is 5.63. The van der Waals surface area contributed by atoms with Crippen LogP contribution in [-0.2, 0) is 4.74 Å². The Labute approximate surface area is 89.8 Å². The van der Waals surface area contributed by atoms with Crippen LogP contribution in [0.25, 0.3) is 0 Å². The largest absolute Gasteiger partial charge is 0.387 e. The molecule has 0 spiro atoms. The van der Waals surface area contributed by atoms with Crippen LogP contribution in [0.2, 0.25) is 0 Å². The maximum absolute atomic E-state index is 9.77. The zero-order valence-electron chi connectivity index (χ0n) is 9.06. The van der Waals surface area contributed by atoms with Gasteiger partial charge in [0.05, 0.1) is 11.2 Å². The van der Waals surface area contributed by atoms with E-state index in [1.54, 1.807) is 13.8 Å². The lowest BCUT2D eigenvalue weighted by atomic mass is 9.89. The van der Waals surface area contributed by atoms with Crippen molar-refractivity contribution >= 4 is 15.9 Å². The number of hydrogen-bond donors (Lipinski definition) is 1. The lowest BCUT2D eigenvalue weighted by Crippen LogP contribution is -2.47.